The van der Waals surface area contributed by atoms with Crippen LogP contribution in [0, 0.1) is 0 Å². The number of hydrogen-bond acceptors (Lipinski definition) is 4. The predicted molar refractivity (Wildman–Crippen MR) is 73.4 cm³/mol. The van der Waals surface area contributed by atoms with Crippen LogP contribution in [-0.4, -0.2) is 34.7 Å². The van der Waals surface area contributed by atoms with Gasteiger partial charge in [0.25, 0.3) is 0 Å². The van der Waals surface area contributed by atoms with E-state index in [1.54, 1.807) is 11.3 Å². The molecule has 0 saturated carbocycles. The highest BCUT2D eigenvalue weighted by atomic mass is 32.1. The first-order chi connectivity index (χ1) is 7.97. The number of aliphatic hydroxyl groups excluding tert-OH is 1. The van der Waals surface area contributed by atoms with Crippen LogP contribution in [0.1, 0.15) is 31.5 Å². The Hall–Kier alpha value is -0.710. The molecule has 0 aromatic carbocycles. The van der Waals surface area contributed by atoms with Crippen molar-refractivity contribution in [3.05, 3.63) is 28.7 Å². The lowest BCUT2D eigenvalue weighted by atomic mass is 9.93. The van der Waals surface area contributed by atoms with Crippen LogP contribution in [0.5, 0.6) is 0 Å². The summed E-state index contributed by atoms with van der Waals surface area (Å²) >= 11 is 1.69. The maximum Gasteiger partial charge on any atom is 0.107 e. The minimum absolute atomic E-state index is 0.106. The van der Waals surface area contributed by atoms with Gasteiger partial charge in [-0.25, -0.2) is 4.98 Å². The van der Waals surface area contributed by atoms with Crippen LogP contribution in [0.25, 0.3) is 0 Å². The van der Waals surface area contributed by atoms with Crippen LogP contribution < -0.4 is 0 Å². The number of thiazole rings is 1. The Labute approximate surface area is 108 Å². The quantitative estimate of drug-likeness (QED) is 0.792. The molecule has 0 fully saturated rings. The fraction of sp³-hybridized carbons (Fsp3) is 0.615. The average molecular weight is 254 g/mol. The highest BCUT2D eigenvalue weighted by Gasteiger charge is 2.18. The molecule has 0 bridgehead atoms. The first-order valence-electron chi connectivity index (χ1n) is 5.86. The summed E-state index contributed by atoms with van der Waals surface area (Å²) in [6, 6.07) is 0. The molecule has 1 heterocycles. The zero-order valence-electron chi connectivity index (χ0n) is 10.9. The maximum absolute atomic E-state index is 8.98. The van der Waals surface area contributed by atoms with Crippen molar-refractivity contribution in [2.24, 2.45) is 0 Å². The van der Waals surface area contributed by atoms with Crippen LogP contribution in [-0.2, 0) is 12.0 Å². The van der Waals surface area contributed by atoms with Crippen LogP contribution in [0.15, 0.2) is 18.0 Å². The van der Waals surface area contributed by atoms with Crippen molar-refractivity contribution in [1.29, 1.82) is 0 Å². The van der Waals surface area contributed by atoms with E-state index < -0.39 is 0 Å². The van der Waals surface area contributed by atoms with Gasteiger partial charge in [0.2, 0.25) is 0 Å². The van der Waals surface area contributed by atoms with Crippen molar-refractivity contribution >= 4 is 11.3 Å². The second-order valence-electron chi connectivity index (χ2n) is 5.12. The molecule has 0 aliphatic carbocycles. The second kappa shape index (κ2) is 6.28. The van der Waals surface area contributed by atoms with E-state index in [0.717, 1.165) is 23.8 Å². The van der Waals surface area contributed by atoms with Crippen molar-refractivity contribution < 1.29 is 5.11 Å². The average Bonchev–Trinajstić information content (AvgIpc) is 2.66. The molecule has 1 rings (SSSR count). The van der Waals surface area contributed by atoms with E-state index in [1.807, 2.05) is 6.08 Å². The second-order valence-corrected chi connectivity index (χ2v) is 6.07. The zero-order valence-corrected chi connectivity index (χ0v) is 11.8. The van der Waals surface area contributed by atoms with E-state index in [-0.39, 0.29) is 12.0 Å². The van der Waals surface area contributed by atoms with Crippen molar-refractivity contribution in [3.63, 3.8) is 0 Å². The fourth-order valence-corrected chi connectivity index (χ4v) is 2.54. The standard InChI is InChI=1S/C13H22N2OS/c1-5-6-15(7-8-16)9-12-14-11(10-17-12)13(2,3)4/h5,10,16H,1,6-9H2,2-4H3. The first-order valence-corrected chi connectivity index (χ1v) is 6.74. The summed E-state index contributed by atoms with van der Waals surface area (Å²) in [7, 11) is 0. The van der Waals surface area contributed by atoms with Gasteiger partial charge in [0.15, 0.2) is 0 Å². The molecule has 96 valence electrons. The predicted octanol–water partition coefficient (Wildman–Crippen LogP) is 2.42. The van der Waals surface area contributed by atoms with Gasteiger partial charge in [0, 0.05) is 23.9 Å². The maximum atomic E-state index is 8.98. The molecule has 0 radical (unpaired) electrons. The van der Waals surface area contributed by atoms with Crippen LogP contribution in [0.3, 0.4) is 0 Å². The molecule has 1 N–H and O–H groups in total. The molecule has 0 aliphatic rings. The highest BCUT2D eigenvalue weighted by molar-refractivity contribution is 7.09. The summed E-state index contributed by atoms with van der Waals surface area (Å²) in [5, 5.41) is 12.2. The minimum Gasteiger partial charge on any atom is -0.395 e. The summed E-state index contributed by atoms with van der Waals surface area (Å²) in [5.41, 5.74) is 1.25. The molecular weight excluding hydrogens is 232 g/mol. The molecule has 3 nitrogen and oxygen atoms in total. The van der Waals surface area contributed by atoms with Gasteiger partial charge in [0.05, 0.1) is 18.8 Å². The molecule has 1 aromatic heterocycles. The number of hydrogen-bond donors (Lipinski definition) is 1. The van der Waals surface area contributed by atoms with Gasteiger partial charge in [-0.05, 0) is 0 Å². The highest BCUT2D eigenvalue weighted by Crippen LogP contribution is 2.24. The molecule has 0 saturated heterocycles. The summed E-state index contributed by atoms with van der Waals surface area (Å²) in [4.78, 5) is 6.78. The van der Waals surface area contributed by atoms with E-state index in [0.29, 0.717) is 6.54 Å². The van der Waals surface area contributed by atoms with Crippen LogP contribution >= 0.6 is 11.3 Å². The Morgan fingerprint density at radius 3 is 2.71 bits per heavy atom. The molecule has 17 heavy (non-hydrogen) atoms. The van der Waals surface area contributed by atoms with Gasteiger partial charge in [-0.15, -0.1) is 17.9 Å². The summed E-state index contributed by atoms with van der Waals surface area (Å²) < 4.78 is 0. The third-order valence-corrected chi connectivity index (χ3v) is 3.32. The minimum atomic E-state index is 0.106. The molecule has 1 aromatic rings. The normalized spacial score (nSPS) is 12.1. The van der Waals surface area contributed by atoms with E-state index in [9.17, 15) is 0 Å². The van der Waals surface area contributed by atoms with E-state index in [4.69, 9.17) is 5.11 Å². The van der Waals surface area contributed by atoms with E-state index >= 15 is 0 Å². The third kappa shape index (κ3) is 4.58. The first kappa shape index (κ1) is 14.4. The lowest BCUT2D eigenvalue weighted by Crippen LogP contribution is -2.26. The Balaban J connectivity index is 2.66. The largest absolute Gasteiger partial charge is 0.395 e. The summed E-state index contributed by atoms with van der Waals surface area (Å²) in [6.07, 6.45) is 1.86. The third-order valence-electron chi connectivity index (χ3n) is 2.48. The van der Waals surface area contributed by atoms with Crippen molar-refractivity contribution in [3.8, 4) is 0 Å². The molecule has 0 spiro atoms. The Morgan fingerprint density at radius 2 is 2.24 bits per heavy atom. The van der Waals surface area contributed by atoms with Gasteiger partial charge < -0.3 is 5.11 Å². The smallest absolute Gasteiger partial charge is 0.107 e. The lowest BCUT2D eigenvalue weighted by Gasteiger charge is -2.18. The number of aromatic nitrogens is 1. The Kier molecular flexibility index (Phi) is 5.31. The molecule has 4 heteroatoms. The zero-order chi connectivity index (χ0) is 12.9. The molecule has 0 atom stereocenters. The Morgan fingerprint density at radius 1 is 1.53 bits per heavy atom. The SMILES string of the molecule is C=CCN(CCO)Cc1nc(C(C)(C)C)cs1. The van der Waals surface area contributed by atoms with Crippen LogP contribution in [0.2, 0.25) is 0 Å². The number of nitrogens with zero attached hydrogens (tertiary/aromatic N) is 2. The van der Waals surface area contributed by atoms with Crippen molar-refractivity contribution in [2.75, 3.05) is 19.7 Å². The van der Waals surface area contributed by atoms with Gasteiger partial charge >= 0.3 is 0 Å². The summed E-state index contributed by atoms with van der Waals surface area (Å²) in [5.74, 6) is 0. The lowest BCUT2D eigenvalue weighted by molar-refractivity contribution is 0.203. The van der Waals surface area contributed by atoms with Gasteiger partial charge in [0.1, 0.15) is 5.01 Å². The van der Waals surface area contributed by atoms with Gasteiger partial charge in [-0.3, -0.25) is 4.90 Å². The van der Waals surface area contributed by atoms with E-state index in [1.165, 1.54) is 0 Å². The molecule has 0 aliphatic heterocycles. The molecule has 0 unspecified atom stereocenters. The van der Waals surface area contributed by atoms with E-state index in [2.05, 4.69) is 42.6 Å². The molecular formula is C13H22N2OS. The number of rotatable bonds is 6. The van der Waals surface area contributed by atoms with Crippen molar-refractivity contribution in [2.45, 2.75) is 32.7 Å². The van der Waals surface area contributed by atoms with Crippen molar-refractivity contribution in [1.82, 2.24) is 9.88 Å². The summed E-state index contributed by atoms with van der Waals surface area (Å²) in [6.45, 7) is 12.6. The van der Waals surface area contributed by atoms with Gasteiger partial charge in [-0.2, -0.15) is 0 Å². The van der Waals surface area contributed by atoms with Gasteiger partial charge in [-0.1, -0.05) is 26.8 Å². The number of aliphatic hydroxyl groups is 1. The topological polar surface area (TPSA) is 36.4 Å². The monoisotopic (exact) mass is 254 g/mol. The molecule has 0 amide bonds. The fourth-order valence-electron chi connectivity index (χ4n) is 1.48. The van der Waals surface area contributed by atoms with Crippen LogP contribution in [0.4, 0.5) is 0 Å². The Bertz CT molecular complexity index is 355.